The van der Waals surface area contributed by atoms with Crippen molar-refractivity contribution in [2.45, 2.75) is 12.5 Å². The van der Waals surface area contributed by atoms with Crippen LogP contribution in [0.1, 0.15) is 23.1 Å². The van der Waals surface area contributed by atoms with Gasteiger partial charge in [-0.3, -0.25) is 0 Å². The van der Waals surface area contributed by atoms with Gasteiger partial charge in [0, 0.05) is 67.5 Å². The van der Waals surface area contributed by atoms with Crippen molar-refractivity contribution in [2.75, 3.05) is 14.7 Å². The van der Waals surface area contributed by atoms with Crippen molar-refractivity contribution in [3.8, 4) is 29.0 Å². The average Bonchev–Trinajstić information content (AvgIpc) is 3.92. The smallest absolute Gasteiger partial charge is 0.0991 e. The first-order valence-electron chi connectivity index (χ1n) is 22.9. The van der Waals surface area contributed by atoms with Crippen molar-refractivity contribution in [3.05, 3.63) is 253 Å². The molecule has 1 aromatic heterocycles. The molecule has 1 atom stereocenters. The Morgan fingerprint density at radius 2 is 0.926 bits per heavy atom. The molecule has 0 bridgehead atoms. The Bertz CT molecular complexity index is 3650. The first-order valence-corrected chi connectivity index (χ1v) is 22.9. The first-order chi connectivity index (χ1) is 33.6. The molecule has 0 amide bonds. The fourth-order valence-corrected chi connectivity index (χ4v) is 10.1. The van der Waals surface area contributed by atoms with E-state index < -0.39 is 0 Å². The largest absolute Gasteiger partial charge is 0.330 e. The zero-order valence-corrected chi connectivity index (χ0v) is 37.0. The third-order valence-electron chi connectivity index (χ3n) is 13.3. The first kappa shape index (κ1) is 40.2. The third-order valence-corrected chi connectivity index (χ3v) is 13.3. The minimum atomic E-state index is 0.137. The summed E-state index contributed by atoms with van der Waals surface area (Å²) in [5, 5.41) is 21.7. The lowest BCUT2D eigenvalue weighted by atomic mass is 9.96. The van der Waals surface area contributed by atoms with Crippen LogP contribution in [0.3, 0.4) is 0 Å². The lowest BCUT2D eigenvalue weighted by Gasteiger charge is -2.28. The molecule has 6 heteroatoms. The van der Waals surface area contributed by atoms with Gasteiger partial charge < -0.3 is 19.3 Å². The molecule has 9 aromatic carbocycles. The zero-order chi connectivity index (χ0) is 45.6. The molecular formula is C62H42N6. The summed E-state index contributed by atoms with van der Waals surface area (Å²) < 4.78 is 2.33. The highest BCUT2D eigenvalue weighted by Crippen LogP contribution is 2.49. The highest BCUT2D eigenvalue weighted by molar-refractivity contribution is 6.10. The number of para-hydroxylation sites is 3. The summed E-state index contributed by atoms with van der Waals surface area (Å²) in [5.41, 5.74) is 17.7. The van der Waals surface area contributed by atoms with E-state index in [1.54, 1.807) is 0 Å². The summed E-state index contributed by atoms with van der Waals surface area (Å²) in [6.07, 6.45) is 7.84. The second-order valence-corrected chi connectivity index (χ2v) is 17.1. The molecular weight excluding hydrogens is 829 g/mol. The van der Waals surface area contributed by atoms with Crippen LogP contribution in [-0.4, -0.2) is 10.6 Å². The van der Waals surface area contributed by atoms with E-state index in [0.29, 0.717) is 11.1 Å². The van der Waals surface area contributed by atoms with Crippen LogP contribution in [0, 0.1) is 22.7 Å². The molecule has 0 radical (unpaired) electrons. The van der Waals surface area contributed by atoms with Crippen molar-refractivity contribution in [1.29, 1.82) is 10.5 Å². The SMILES string of the molecule is N#Cc1ccc(N(c2ccc(-c3ccc(N(c4ccc(C#N)cc4)c4ccc5c(c4)c4ccccc4n5-c4ccccc4)cc3)cc2)c2ccc3c(c2)C2=CCC=CC2N3c2ccccc2)cc1. The van der Waals surface area contributed by atoms with E-state index in [4.69, 9.17) is 0 Å². The number of hydrogen-bond acceptors (Lipinski definition) is 5. The minimum Gasteiger partial charge on any atom is -0.330 e. The monoisotopic (exact) mass is 870 g/mol. The number of fused-ring (bicyclic) bond motifs is 6. The standard InChI is InChI=1S/C62H42N6/c63-41-43-19-27-49(28-20-43)65(53-35-37-61-57(39-53)55-15-7-9-17-59(55)67(61)47-11-3-1-4-12-47)51-31-23-45(24-32-51)46-25-33-52(34-26-46)66(50-29-21-44(42-64)22-30-50)54-36-38-62-58(40-54)56-16-8-10-18-60(56)68(62)48-13-5-2-6-14-48/h1-7,9-40,60H,8H2. The van der Waals surface area contributed by atoms with Crippen LogP contribution in [0.2, 0.25) is 0 Å². The molecule has 1 unspecified atom stereocenters. The number of hydrogen-bond donors (Lipinski definition) is 0. The molecule has 2 heterocycles. The van der Waals surface area contributed by atoms with Gasteiger partial charge in [-0.15, -0.1) is 0 Å². The molecule has 0 fully saturated rings. The normalized spacial score (nSPS) is 13.6. The van der Waals surface area contributed by atoms with E-state index in [2.05, 4.69) is 219 Å². The lowest BCUT2D eigenvalue weighted by molar-refractivity contribution is 0.980. The molecule has 12 rings (SSSR count). The molecule has 0 saturated heterocycles. The summed E-state index contributed by atoms with van der Waals surface area (Å²) in [6, 6.07) is 80.9. The van der Waals surface area contributed by atoms with Crippen molar-refractivity contribution in [1.82, 2.24) is 4.57 Å². The van der Waals surface area contributed by atoms with Crippen LogP contribution >= 0.6 is 0 Å². The molecule has 1 aliphatic carbocycles. The van der Waals surface area contributed by atoms with Crippen molar-refractivity contribution in [3.63, 3.8) is 0 Å². The molecule has 2 aliphatic rings. The van der Waals surface area contributed by atoms with E-state index in [1.165, 1.54) is 27.9 Å². The highest BCUT2D eigenvalue weighted by atomic mass is 15.2. The van der Waals surface area contributed by atoms with Gasteiger partial charge in [-0.25, -0.2) is 0 Å². The summed E-state index contributed by atoms with van der Waals surface area (Å²) >= 11 is 0. The number of aromatic nitrogens is 1. The molecule has 0 spiro atoms. The number of allylic oxidation sites excluding steroid dienone is 2. The Kier molecular flexibility index (Phi) is 9.98. The maximum Gasteiger partial charge on any atom is 0.0991 e. The van der Waals surface area contributed by atoms with E-state index in [-0.39, 0.29) is 6.04 Å². The molecule has 0 N–H and O–H groups in total. The topological polar surface area (TPSA) is 62.2 Å². The van der Waals surface area contributed by atoms with Crippen LogP contribution < -0.4 is 14.7 Å². The predicted molar refractivity (Wildman–Crippen MR) is 279 cm³/mol. The fraction of sp³-hybridized carbons (Fsp3) is 0.0323. The Morgan fingerprint density at radius 1 is 0.441 bits per heavy atom. The van der Waals surface area contributed by atoms with E-state index in [1.807, 2.05) is 48.5 Å². The van der Waals surface area contributed by atoms with Gasteiger partial charge in [0.2, 0.25) is 0 Å². The van der Waals surface area contributed by atoms with Gasteiger partial charge in [-0.2, -0.15) is 10.5 Å². The number of nitriles is 2. The van der Waals surface area contributed by atoms with Gasteiger partial charge in [0.05, 0.1) is 40.3 Å². The van der Waals surface area contributed by atoms with Crippen LogP contribution in [0.15, 0.2) is 237 Å². The summed E-state index contributed by atoms with van der Waals surface area (Å²) in [6.45, 7) is 0. The summed E-state index contributed by atoms with van der Waals surface area (Å²) in [4.78, 5) is 6.97. The van der Waals surface area contributed by atoms with Gasteiger partial charge in [-0.05, 0) is 163 Å². The lowest BCUT2D eigenvalue weighted by Crippen LogP contribution is -2.25. The van der Waals surface area contributed by atoms with E-state index in [0.717, 1.165) is 73.8 Å². The van der Waals surface area contributed by atoms with E-state index >= 15 is 0 Å². The Hall–Kier alpha value is -9.36. The van der Waals surface area contributed by atoms with Crippen LogP contribution in [-0.2, 0) is 0 Å². The van der Waals surface area contributed by atoms with Crippen LogP contribution in [0.4, 0.5) is 45.5 Å². The maximum atomic E-state index is 9.67. The van der Waals surface area contributed by atoms with Crippen molar-refractivity contribution < 1.29 is 0 Å². The molecule has 320 valence electrons. The Balaban J connectivity index is 0.902. The van der Waals surface area contributed by atoms with Gasteiger partial charge in [0.1, 0.15) is 0 Å². The summed E-state index contributed by atoms with van der Waals surface area (Å²) in [7, 11) is 0. The van der Waals surface area contributed by atoms with Gasteiger partial charge in [-0.1, -0.05) is 97.1 Å². The molecule has 68 heavy (non-hydrogen) atoms. The second kappa shape index (κ2) is 16.9. The quantitative estimate of drug-likeness (QED) is 0.135. The molecule has 6 nitrogen and oxygen atoms in total. The maximum absolute atomic E-state index is 9.67. The molecule has 1 aliphatic heterocycles. The van der Waals surface area contributed by atoms with Crippen LogP contribution in [0.25, 0.3) is 44.2 Å². The number of nitrogens with zero attached hydrogens (tertiary/aromatic N) is 6. The van der Waals surface area contributed by atoms with Crippen LogP contribution in [0.5, 0.6) is 0 Å². The predicted octanol–water partition coefficient (Wildman–Crippen LogP) is 16.0. The van der Waals surface area contributed by atoms with Gasteiger partial charge in [0.25, 0.3) is 0 Å². The number of rotatable bonds is 9. The Morgan fingerprint density at radius 3 is 1.51 bits per heavy atom. The van der Waals surface area contributed by atoms with Gasteiger partial charge in [0.15, 0.2) is 0 Å². The van der Waals surface area contributed by atoms with Crippen molar-refractivity contribution in [2.24, 2.45) is 0 Å². The summed E-state index contributed by atoms with van der Waals surface area (Å²) in [5.74, 6) is 0. The van der Waals surface area contributed by atoms with Gasteiger partial charge >= 0.3 is 0 Å². The number of anilines is 8. The highest BCUT2D eigenvalue weighted by Gasteiger charge is 2.35. The van der Waals surface area contributed by atoms with E-state index in [9.17, 15) is 10.5 Å². The fourth-order valence-electron chi connectivity index (χ4n) is 10.1. The van der Waals surface area contributed by atoms with Crippen molar-refractivity contribution >= 4 is 72.9 Å². The third kappa shape index (κ3) is 6.97. The zero-order valence-electron chi connectivity index (χ0n) is 37.0. The second-order valence-electron chi connectivity index (χ2n) is 17.1. The molecule has 10 aromatic rings. The average molecular weight is 871 g/mol. The Labute approximate surface area is 395 Å². The number of benzene rings is 9. The minimum absolute atomic E-state index is 0.137. The molecule has 0 saturated carbocycles.